The highest BCUT2D eigenvalue weighted by Gasteiger charge is 2.35. The molecule has 0 radical (unpaired) electrons. The van der Waals surface area contributed by atoms with Crippen LogP contribution in [0.5, 0.6) is 0 Å². The van der Waals surface area contributed by atoms with Crippen molar-refractivity contribution in [1.29, 1.82) is 0 Å². The Bertz CT molecular complexity index is 419. The second kappa shape index (κ2) is 4.97. The zero-order valence-electron chi connectivity index (χ0n) is 11.1. The molecule has 2 saturated carbocycles. The average Bonchev–Trinajstić information content (AvgIpc) is 2.24. The average molecular weight is 308 g/mol. The summed E-state index contributed by atoms with van der Waals surface area (Å²) in [7, 11) is 0. The van der Waals surface area contributed by atoms with Gasteiger partial charge in [-0.15, -0.1) is 0 Å². The fourth-order valence-corrected chi connectivity index (χ4v) is 3.58. The van der Waals surface area contributed by atoms with Crippen LogP contribution in [0.15, 0.2) is 28.7 Å². The van der Waals surface area contributed by atoms with Gasteiger partial charge in [-0.05, 0) is 54.7 Å². The summed E-state index contributed by atoms with van der Waals surface area (Å²) in [6.45, 7) is 3.65. The van der Waals surface area contributed by atoms with Crippen molar-refractivity contribution in [2.75, 3.05) is 6.54 Å². The normalized spacial score (nSPS) is 29.4. The smallest absolute Gasteiger partial charge is 0.0178 e. The molecule has 0 amide bonds. The minimum atomic E-state index is 0.612. The summed E-state index contributed by atoms with van der Waals surface area (Å²) < 4.78 is 1.21. The van der Waals surface area contributed by atoms with Crippen LogP contribution in [0.25, 0.3) is 0 Å². The van der Waals surface area contributed by atoms with Crippen LogP contribution in [-0.2, 0) is 0 Å². The van der Waals surface area contributed by atoms with E-state index in [2.05, 4.69) is 52.4 Å². The Hall–Kier alpha value is -0.340. The molecule has 0 unspecified atom stereocenters. The van der Waals surface area contributed by atoms with Gasteiger partial charge in [-0.3, -0.25) is 0 Å². The van der Waals surface area contributed by atoms with E-state index in [0.717, 1.165) is 12.0 Å². The lowest BCUT2D eigenvalue weighted by molar-refractivity contribution is 0.137. The molecule has 2 heteroatoms. The predicted octanol–water partition coefficient (Wildman–Crippen LogP) is 4.47. The Morgan fingerprint density at radius 2 is 2.11 bits per heavy atom. The van der Waals surface area contributed by atoms with Crippen LogP contribution in [0.3, 0.4) is 0 Å². The minimum absolute atomic E-state index is 0.612. The Morgan fingerprint density at radius 3 is 2.72 bits per heavy atom. The van der Waals surface area contributed by atoms with E-state index >= 15 is 0 Å². The van der Waals surface area contributed by atoms with E-state index in [1.54, 1.807) is 0 Å². The molecular formula is C16H22BrN. The van der Waals surface area contributed by atoms with Gasteiger partial charge in [0.2, 0.25) is 0 Å². The number of hydrogen-bond donors (Lipinski definition) is 1. The highest BCUT2D eigenvalue weighted by molar-refractivity contribution is 9.10. The Kier molecular flexibility index (Phi) is 3.50. The molecule has 2 aliphatic carbocycles. The minimum Gasteiger partial charge on any atom is -0.313 e. The molecule has 1 aromatic rings. The highest BCUT2D eigenvalue weighted by Crippen LogP contribution is 2.41. The third-order valence-corrected chi connectivity index (χ3v) is 5.33. The van der Waals surface area contributed by atoms with Crippen molar-refractivity contribution in [2.24, 2.45) is 5.41 Å². The molecular weight excluding hydrogens is 286 g/mol. The SMILES string of the molecule is CC1(CNC2CC(c3cccc(Br)c3)C2)CCC1. The summed E-state index contributed by atoms with van der Waals surface area (Å²) >= 11 is 3.56. The molecule has 0 aliphatic heterocycles. The van der Waals surface area contributed by atoms with Crippen LogP contribution in [0, 0.1) is 5.41 Å². The first-order chi connectivity index (χ1) is 8.65. The van der Waals surface area contributed by atoms with E-state index in [1.807, 2.05) is 0 Å². The first-order valence-electron chi connectivity index (χ1n) is 7.13. The maximum absolute atomic E-state index is 3.76. The van der Waals surface area contributed by atoms with Gasteiger partial charge in [-0.1, -0.05) is 41.4 Å². The molecule has 2 fully saturated rings. The van der Waals surface area contributed by atoms with Crippen LogP contribution in [0.1, 0.15) is 50.5 Å². The van der Waals surface area contributed by atoms with Gasteiger partial charge in [0.05, 0.1) is 0 Å². The molecule has 98 valence electrons. The van der Waals surface area contributed by atoms with E-state index in [9.17, 15) is 0 Å². The molecule has 0 atom stereocenters. The Morgan fingerprint density at radius 1 is 1.33 bits per heavy atom. The van der Waals surface area contributed by atoms with Crippen molar-refractivity contribution in [3.63, 3.8) is 0 Å². The number of halogens is 1. The van der Waals surface area contributed by atoms with E-state index in [4.69, 9.17) is 0 Å². The summed E-state index contributed by atoms with van der Waals surface area (Å²) in [5.74, 6) is 0.772. The van der Waals surface area contributed by atoms with Crippen LogP contribution in [-0.4, -0.2) is 12.6 Å². The second-order valence-corrected chi connectivity index (χ2v) is 7.38. The molecule has 1 N–H and O–H groups in total. The standard InChI is InChI=1S/C16H22BrN/c1-16(6-3-7-16)11-18-15-9-13(10-15)12-4-2-5-14(17)8-12/h2,4-5,8,13,15,18H,3,6-7,9-11H2,1H3. The Balaban J connectivity index is 1.45. The number of rotatable bonds is 4. The molecule has 0 bridgehead atoms. The van der Waals surface area contributed by atoms with Crippen molar-refractivity contribution < 1.29 is 0 Å². The van der Waals surface area contributed by atoms with Gasteiger partial charge in [-0.25, -0.2) is 0 Å². The predicted molar refractivity (Wildman–Crippen MR) is 79.9 cm³/mol. The molecule has 18 heavy (non-hydrogen) atoms. The summed E-state index contributed by atoms with van der Waals surface area (Å²) in [4.78, 5) is 0. The van der Waals surface area contributed by atoms with Crippen LogP contribution >= 0.6 is 15.9 Å². The van der Waals surface area contributed by atoms with Crippen LogP contribution in [0.4, 0.5) is 0 Å². The monoisotopic (exact) mass is 307 g/mol. The van der Waals surface area contributed by atoms with E-state index in [0.29, 0.717) is 5.41 Å². The van der Waals surface area contributed by atoms with Gasteiger partial charge >= 0.3 is 0 Å². The van der Waals surface area contributed by atoms with Gasteiger partial charge in [0.15, 0.2) is 0 Å². The summed E-state index contributed by atoms with van der Waals surface area (Å²) in [6.07, 6.45) is 6.89. The van der Waals surface area contributed by atoms with Crippen LogP contribution in [0.2, 0.25) is 0 Å². The number of benzene rings is 1. The fraction of sp³-hybridized carbons (Fsp3) is 0.625. The molecule has 0 saturated heterocycles. The second-order valence-electron chi connectivity index (χ2n) is 6.47. The van der Waals surface area contributed by atoms with E-state index in [1.165, 1.54) is 48.7 Å². The van der Waals surface area contributed by atoms with Crippen molar-refractivity contribution >= 4 is 15.9 Å². The first-order valence-corrected chi connectivity index (χ1v) is 7.93. The lowest BCUT2D eigenvalue weighted by Crippen LogP contribution is -2.46. The third kappa shape index (κ3) is 2.65. The lowest BCUT2D eigenvalue weighted by atomic mass is 9.69. The summed E-state index contributed by atoms with van der Waals surface area (Å²) in [5, 5.41) is 3.76. The lowest BCUT2D eigenvalue weighted by Gasteiger charge is -2.43. The molecule has 1 nitrogen and oxygen atoms in total. The summed E-state index contributed by atoms with van der Waals surface area (Å²) in [6, 6.07) is 9.55. The fourth-order valence-electron chi connectivity index (χ4n) is 3.17. The van der Waals surface area contributed by atoms with Crippen LogP contribution < -0.4 is 5.32 Å². The topological polar surface area (TPSA) is 12.0 Å². The van der Waals surface area contributed by atoms with Crippen molar-refractivity contribution in [3.8, 4) is 0 Å². The first kappa shape index (κ1) is 12.7. The largest absolute Gasteiger partial charge is 0.313 e. The zero-order chi connectivity index (χ0) is 12.6. The van der Waals surface area contributed by atoms with Crippen molar-refractivity contribution in [1.82, 2.24) is 5.32 Å². The van der Waals surface area contributed by atoms with E-state index < -0.39 is 0 Å². The molecule has 3 rings (SSSR count). The summed E-state index contributed by atoms with van der Waals surface area (Å²) in [5.41, 5.74) is 2.11. The number of nitrogens with one attached hydrogen (secondary N) is 1. The highest BCUT2D eigenvalue weighted by atomic mass is 79.9. The van der Waals surface area contributed by atoms with Crippen molar-refractivity contribution in [2.45, 2.75) is 51.0 Å². The zero-order valence-corrected chi connectivity index (χ0v) is 12.7. The van der Waals surface area contributed by atoms with Gasteiger partial charge in [0.1, 0.15) is 0 Å². The van der Waals surface area contributed by atoms with Crippen molar-refractivity contribution in [3.05, 3.63) is 34.3 Å². The van der Waals surface area contributed by atoms with Gasteiger partial charge in [0.25, 0.3) is 0 Å². The molecule has 1 aromatic carbocycles. The molecule has 0 aromatic heterocycles. The molecule has 0 heterocycles. The third-order valence-electron chi connectivity index (χ3n) is 4.84. The van der Waals surface area contributed by atoms with Gasteiger partial charge < -0.3 is 5.32 Å². The van der Waals surface area contributed by atoms with E-state index in [-0.39, 0.29) is 0 Å². The number of hydrogen-bond acceptors (Lipinski definition) is 1. The quantitative estimate of drug-likeness (QED) is 0.865. The molecule has 2 aliphatic rings. The van der Waals surface area contributed by atoms with Gasteiger partial charge in [0, 0.05) is 17.1 Å². The molecule has 0 spiro atoms. The maximum Gasteiger partial charge on any atom is 0.0178 e. The van der Waals surface area contributed by atoms with Gasteiger partial charge in [-0.2, -0.15) is 0 Å². The maximum atomic E-state index is 3.76. The Labute approximate surface area is 118 Å².